The van der Waals surface area contributed by atoms with E-state index in [4.69, 9.17) is 5.73 Å². The Labute approximate surface area is 161 Å². The van der Waals surface area contributed by atoms with Crippen LogP contribution in [0.4, 0.5) is 5.69 Å². The third kappa shape index (κ3) is 3.98. The lowest BCUT2D eigenvalue weighted by atomic mass is 10.1. The van der Waals surface area contributed by atoms with Gasteiger partial charge >= 0.3 is 0 Å². The highest BCUT2D eigenvalue weighted by Crippen LogP contribution is 2.18. The molecule has 1 aromatic heterocycles. The summed E-state index contributed by atoms with van der Waals surface area (Å²) in [7, 11) is 0. The average molecular weight is 376 g/mol. The Morgan fingerprint density at radius 2 is 1.71 bits per heavy atom. The second kappa shape index (κ2) is 7.87. The Bertz CT molecular complexity index is 1090. The fourth-order valence-electron chi connectivity index (χ4n) is 2.74. The highest BCUT2D eigenvalue weighted by Gasteiger charge is 2.20. The van der Waals surface area contributed by atoms with Gasteiger partial charge in [-0.2, -0.15) is 5.10 Å². The first-order valence-electron chi connectivity index (χ1n) is 8.73. The molecule has 1 atom stereocenters. The van der Waals surface area contributed by atoms with Crippen molar-refractivity contribution in [3.63, 3.8) is 0 Å². The fourth-order valence-corrected chi connectivity index (χ4v) is 2.74. The van der Waals surface area contributed by atoms with E-state index >= 15 is 0 Å². The van der Waals surface area contributed by atoms with Crippen molar-refractivity contribution in [3.8, 4) is 11.3 Å². The van der Waals surface area contributed by atoms with Gasteiger partial charge in [-0.3, -0.25) is 14.4 Å². The third-order valence-electron chi connectivity index (χ3n) is 4.37. The van der Waals surface area contributed by atoms with Gasteiger partial charge in [-0.05, 0) is 32.0 Å². The van der Waals surface area contributed by atoms with Crippen LogP contribution in [-0.2, 0) is 4.79 Å². The minimum Gasteiger partial charge on any atom is -0.366 e. The number of carbonyl (C=O) groups excluding carboxylic acids is 2. The van der Waals surface area contributed by atoms with Crippen molar-refractivity contribution in [2.24, 2.45) is 5.73 Å². The van der Waals surface area contributed by atoms with E-state index in [0.717, 1.165) is 15.8 Å². The molecule has 0 aliphatic heterocycles. The molecule has 0 aliphatic carbocycles. The first kappa shape index (κ1) is 19.0. The van der Waals surface area contributed by atoms with E-state index in [0.29, 0.717) is 5.69 Å². The van der Waals surface area contributed by atoms with E-state index < -0.39 is 23.4 Å². The number of hydrogen-bond acceptors (Lipinski definition) is 4. The average Bonchev–Trinajstić information content (AvgIpc) is 2.68. The summed E-state index contributed by atoms with van der Waals surface area (Å²) in [5.41, 5.74) is 7.94. The van der Waals surface area contributed by atoms with Crippen molar-refractivity contribution in [2.75, 3.05) is 5.32 Å². The number of primary amides is 1. The molecule has 0 saturated carbocycles. The molecule has 2 amide bonds. The molecule has 0 spiro atoms. The zero-order valence-electron chi connectivity index (χ0n) is 15.5. The lowest BCUT2D eigenvalue weighted by Gasteiger charge is -2.16. The number of rotatable bonds is 5. The number of nitrogens with zero attached hydrogens (tertiary/aromatic N) is 2. The third-order valence-corrected chi connectivity index (χ3v) is 4.37. The standard InChI is InChI=1S/C21H20N4O3/c1-13-7-9-15(10-8-13)17-11-12-19(26)25(24-17)14(2)21(28)23-18-6-4-3-5-16(18)20(22)27/h3-12,14H,1-2H3,(H2,22,27)(H,23,28). The topological polar surface area (TPSA) is 107 Å². The zero-order valence-corrected chi connectivity index (χ0v) is 15.5. The first-order chi connectivity index (χ1) is 13.4. The fraction of sp³-hybridized carbons (Fsp3) is 0.143. The summed E-state index contributed by atoms with van der Waals surface area (Å²) in [4.78, 5) is 36.5. The molecule has 0 fully saturated rings. The van der Waals surface area contributed by atoms with E-state index in [1.807, 2.05) is 31.2 Å². The Morgan fingerprint density at radius 3 is 2.39 bits per heavy atom. The molecule has 7 nitrogen and oxygen atoms in total. The smallest absolute Gasteiger partial charge is 0.267 e. The summed E-state index contributed by atoms with van der Waals surface area (Å²) in [5, 5.41) is 6.99. The van der Waals surface area contributed by atoms with Crippen LogP contribution in [0.25, 0.3) is 11.3 Å². The van der Waals surface area contributed by atoms with Gasteiger partial charge in [0, 0.05) is 11.6 Å². The van der Waals surface area contributed by atoms with E-state index in [9.17, 15) is 14.4 Å². The van der Waals surface area contributed by atoms with Crippen LogP contribution in [0.1, 0.15) is 28.9 Å². The molecule has 28 heavy (non-hydrogen) atoms. The molecular formula is C21H20N4O3. The van der Waals surface area contributed by atoms with Crippen LogP contribution in [0.3, 0.4) is 0 Å². The van der Waals surface area contributed by atoms with Crippen LogP contribution < -0.4 is 16.6 Å². The lowest BCUT2D eigenvalue weighted by molar-refractivity contribution is -0.119. The van der Waals surface area contributed by atoms with Gasteiger partial charge in [-0.1, -0.05) is 42.0 Å². The van der Waals surface area contributed by atoms with Crippen LogP contribution in [0.15, 0.2) is 65.5 Å². The largest absolute Gasteiger partial charge is 0.366 e. The van der Waals surface area contributed by atoms with E-state index in [1.165, 1.54) is 12.1 Å². The van der Waals surface area contributed by atoms with Gasteiger partial charge in [0.25, 0.3) is 11.5 Å². The molecular weight excluding hydrogens is 356 g/mol. The molecule has 0 aliphatic rings. The van der Waals surface area contributed by atoms with Crippen molar-refractivity contribution in [2.45, 2.75) is 19.9 Å². The van der Waals surface area contributed by atoms with Gasteiger partial charge < -0.3 is 11.1 Å². The number of hydrogen-bond donors (Lipinski definition) is 2. The highest BCUT2D eigenvalue weighted by molar-refractivity contribution is 6.03. The van der Waals surface area contributed by atoms with E-state index in [-0.39, 0.29) is 11.3 Å². The summed E-state index contributed by atoms with van der Waals surface area (Å²) in [6.45, 7) is 3.55. The number of amides is 2. The summed E-state index contributed by atoms with van der Waals surface area (Å²) in [6.07, 6.45) is 0. The number of para-hydroxylation sites is 1. The number of nitrogens with one attached hydrogen (secondary N) is 1. The predicted molar refractivity (Wildman–Crippen MR) is 107 cm³/mol. The Kier molecular flexibility index (Phi) is 5.35. The van der Waals surface area contributed by atoms with Gasteiger partial charge in [-0.25, -0.2) is 4.68 Å². The minimum atomic E-state index is -0.890. The van der Waals surface area contributed by atoms with Gasteiger partial charge in [-0.15, -0.1) is 0 Å². The maximum absolute atomic E-state index is 12.7. The van der Waals surface area contributed by atoms with Crippen LogP contribution >= 0.6 is 0 Å². The molecule has 7 heteroatoms. The number of anilines is 1. The van der Waals surface area contributed by atoms with Crippen molar-refractivity contribution in [1.29, 1.82) is 0 Å². The molecule has 3 aromatic rings. The zero-order chi connectivity index (χ0) is 20.3. The first-order valence-corrected chi connectivity index (χ1v) is 8.73. The normalized spacial score (nSPS) is 11.6. The quantitative estimate of drug-likeness (QED) is 0.713. The lowest BCUT2D eigenvalue weighted by Crippen LogP contribution is -2.33. The summed E-state index contributed by atoms with van der Waals surface area (Å²) >= 11 is 0. The molecule has 142 valence electrons. The molecule has 1 heterocycles. The monoisotopic (exact) mass is 376 g/mol. The second-order valence-corrected chi connectivity index (χ2v) is 6.44. The van der Waals surface area contributed by atoms with Crippen molar-refractivity contribution < 1.29 is 9.59 Å². The van der Waals surface area contributed by atoms with Crippen LogP contribution in [0.5, 0.6) is 0 Å². The molecule has 3 N–H and O–H groups in total. The summed E-state index contributed by atoms with van der Waals surface area (Å²) in [6, 6.07) is 16.2. The highest BCUT2D eigenvalue weighted by atomic mass is 16.2. The molecule has 0 saturated heterocycles. The van der Waals surface area contributed by atoms with Crippen molar-refractivity contribution >= 4 is 17.5 Å². The van der Waals surface area contributed by atoms with Crippen LogP contribution in [0, 0.1) is 6.92 Å². The van der Waals surface area contributed by atoms with Crippen LogP contribution in [0.2, 0.25) is 0 Å². The summed E-state index contributed by atoms with van der Waals surface area (Å²) in [5.74, 6) is -1.13. The Balaban J connectivity index is 1.90. The molecule has 0 radical (unpaired) electrons. The predicted octanol–water partition coefficient (Wildman–Crippen LogP) is 2.52. The van der Waals surface area contributed by atoms with Gasteiger partial charge in [0.15, 0.2) is 0 Å². The van der Waals surface area contributed by atoms with E-state index in [1.54, 1.807) is 31.2 Å². The maximum Gasteiger partial charge on any atom is 0.267 e. The van der Waals surface area contributed by atoms with Crippen LogP contribution in [-0.4, -0.2) is 21.6 Å². The number of aryl methyl sites for hydroxylation is 1. The number of carbonyl (C=O) groups is 2. The minimum absolute atomic E-state index is 0.191. The molecule has 0 bridgehead atoms. The number of aromatic nitrogens is 2. The van der Waals surface area contributed by atoms with Gasteiger partial charge in [0.2, 0.25) is 5.91 Å². The van der Waals surface area contributed by atoms with Crippen molar-refractivity contribution in [1.82, 2.24) is 9.78 Å². The number of nitrogens with two attached hydrogens (primary N) is 1. The SMILES string of the molecule is Cc1ccc(-c2ccc(=O)n(C(C)C(=O)Nc3ccccc3C(N)=O)n2)cc1. The molecule has 1 unspecified atom stereocenters. The van der Waals surface area contributed by atoms with Gasteiger partial charge in [0.1, 0.15) is 6.04 Å². The Hall–Kier alpha value is -3.74. The second-order valence-electron chi connectivity index (χ2n) is 6.44. The molecule has 3 rings (SSSR count). The Morgan fingerprint density at radius 1 is 1.04 bits per heavy atom. The van der Waals surface area contributed by atoms with Crippen molar-refractivity contribution in [3.05, 3.63) is 82.1 Å². The molecule has 2 aromatic carbocycles. The van der Waals surface area contributed by atoms with Gasteiger partial charge in [0.05, 0.1) is 16.9 Å². The van der Waals surface area contributed by atoms with E-state index in [2.05, 4.69) is 10.4 Å². The number of benzene rings is 2. The summed E-state index contributed by atoms with van der Waals surface area (Å²) < 4.78 is 1.12. The maximum atomic E-state index is 12.7.